The summed E-state index contributed by atoms with van der Waals surface area (Å²) >= 11 is 2.19. The molecule has 0 spiro atoms. The zero-order valence-corrected chi connectivity index (χ0v) is 10.2. The van der Waals surface area contributed by atoms with Crippen LogP contribution in [-0.4, -0.2) is 11.0 Å². The van der Waals surface area contributed by atoms with Crippen molar-refractivity contribution in [1.29, 1.82) is 0 Å². The van der Waals surface area contributed by atoms with Crippen LogP contribution in [0.4, 0.5) is 0 Å². The van der Waals surface area contributed by atoms with E-state index in [1.54, 1.807) is 0 Å². The number of hydrogen-bond donors (Lipinski definition) is 0. The Kier molecular flexibility index (Phi) is 5.23. The van der Waals surface area contributed by atoms with Gasteiger partial charge in [0.25, 0.3) is 0 Å². The Morgan fingerprint density at radius 3 is 2.23 bits per heavy atom. The van der Waals surface area contributed by atoms with Crippen molar-refractivity contribution in [1.82, 2.24) is 0 Å². The van der Waals surface area contributed by atoms with Crippen LogP contribution in [0.1, 0.15) is 52.9 Å². The van der Waals surface area contributed by atoms with Crippen LogP contribution in [0.25, 0.3) is 0 Å². The van der Waals surface area contributed by atoms with Crippen LogP contribution in [0.2, 0.25) is 0 Å². The number of rotatable bonds is 5. The molecule has 0 aromatic carbocycles. The molecular weight excluding hydrogens is 176 g/mol. The van der Waals surface area contributed by atoms with Crippen LogP contribution in [0.3, 0.4) is 0 Å². The van der Waals surface area contributed by atoms with Gasteiger partial charge in [-0.2, -0.15) is 11.8 Å². The van der Waals surface area contributed by atoms with Gasteiger partial charge in [-0.25, -0.2) is 0 Å². The minimum absolute atomic E-state index is 0.932. The average Bonchev–Trinajstić information content (AvgIpc) is 2.51. The third-order valence-electron chi connectivity index (χ3n) is 3.22. The summed E-state index contributed by atoms with van der Waals surface area (Å²) in [6.45, 7) is 7.04. The molecule has 0 bridgehead atoms. The van der Waals surface area contributed by atoms with Crippen molar-refractivity contribution in [3.63, 3.8) is 0 Å². The molecule has 0 nitrogen and oxygen atoms in total. The van der Waals surface area contributed by atoms with E-state index in [2.05, 4.69) is 32.5 Å². The molecule has 1 fully saturated rings. The first-order chi connectivity index (χ1) is 6.27. The van der Waals surface area contributed by atoms with E-state index in [-0.39, 0.29) is 0 Å². The molecule has 1 heteroatoms. The number of hydrogen-bond acceptors (Lipinski definition) is 1. The Balaban J connectivity index is 2.35. The standard InChI is InChI=1S/C12H24S/c1-4-6-11(7-5-2)12-8-10(3)13-9-12/h10-12H,4-9H2,1-3H3. The highest BCUT2D eigenvalue weighted by atomic mass is 32.2. The van der Waals surface area contributed by atoms with E-state index in [0.717, 1.165) is 17.1 Å². The van der Waals surface area contributed by atoms with Gasteiger partial charge in [0.1, 0.15) is 0 Å². The zero-order valence-electron chi connectivity index (χ0n) is 9.38. The topological polar surface area (TPSA) is 0 Å². The van der Waals surface area contributed by atoms with E-state index in [9.17, 15) is 0 Å². The first kappa shape index (κ1) is 11.4. The monoisotopic (exact) mass is 200 g/mol. The molecule has 0 aromatic rings. The molecule has 1 aliphatic rings. The highest BCUT2D eigenvalue weighted by Crippen LogP contribution is 2.38. The average molecular weight is 200 g/mol. The van der Waals surface area contributed by atoms with Crippen molar-refractivity contribution >= 4 is 11.8 Å². The smallest absolute Gasteiger partial charge is 0.00218 e. The Morgan fingerprint density at radius 2 is 1.85 bits per heavy atom. The summed E-state index contributed by atoms with van der Waals surface area (Å²) in [5.74, 6) is 3.51. The molecule has 1 aliphatic heterocycles. The molecule has 0 saturated carbocycles. The summed E-state index contributed by atoms with van der Waals surface area (Å²) in [4.78, 5) is 0. The van der Waals surface area contributed by atoms with Crippen molar-refractivity contribution in [2.45, 2.75) is 58.1 Å². The van der Waals surface area contributed by atoms with Gasteiger partial charge < -0.3 is 0 Å². The van der Waals surface area contributed by atoms with Crippen molar-refractivity contribution in [2.75, 3.05) is 5.75 Å². The van der Waals surface area contributed by atoms with Crippen LogP contribution >= 0.6 is 11.8 Å². The first-order valence-electron chi connectivity index (χ1n) is 5.89. The maximum atomic E-state index is 2.39. The second kappa shape index (κ2) is 5.95. The fourth-order valence-corrected chi connectivity index (χ4v) is 3.90. The highest BCUT2D eigenvalue weighted by molar-refractivity contribution is 8.00. The van der Waals surface area contributed by atoms with Crippen LogP contribution in [0.5, 0.6) is 0 Å². The summed E-state index contributed by atoms with van der Waals surface area (Å²) in [6, 6.07) is 0. The fourth-order valence-electron chi connectivity index (χ4n) is 2.54. The van der Waals surface area contributed by atoms with Crippen molar-refractivity contribution < 1.29 is 0 Å². The third kappa shape index (κ3) is 3.53. The molecule has 1 heterocycles. The number of thioether (sulfide) groups is 1. The molecule has 0 N–H and O–H groups in total. The molecule has 13 heavy (non-hydrogen) atoms. The summed E-state index contributed by atoms with van der Waals surface area (Å²) < 4.78 is 0. The van der Waals surface area contributed by atoms with E-state index in [1.807, 2.05) is 0 Å². The first-order valence-corrected chi connectivity index (χ1v) is 6.94. The zero-order chi connectivity index (χ0) is 9.68. The van der Waals surface area contributed by atoms with E-state index in [1.165, 1.54) is 37.9 Å². The molecule has 1 rings (SSSR count). The predicted octanol–water partition coefficient (Wildman–Crippen LogP) is 4.34. The molecule has 1 saturated heterocycles. The molecule has 2 atom stereocenters. The molecule has 0 aromatic heterocycles. The maximum Gasteiger partial charge on any atom is 0.00218 e. The van der Waals surface area contributed by atoms with Gasteiger partial charge in [0.15, 0.2) is 0 Å². The Hall–Kier alpha value is 0.350. The molecule has 78 valence electrons. The Labute approximate surface area is 87.9 Å². The van der Waals surface area contributed by atoms with E-state index in [0.29, 0.717) is 0 Å². The fraction of sp³-hybridized carbons (Fsp3) is 1.00. The van der Waals surface area contributed by atoms with Gasteiger partial charge >= 0.3 is 0 Å². The van der Waals surface area contributed by atoms with E-state index >= 15 is 0 Å². The van der Waals surface area contributed by atoms with E-state index in [4.69, 9.17) is 0 Å². The van der Waals surface area contributed by atoms with Gasteiger partial charge in [-0.3, -0.25) is 0 Å². The predicted molar refractivity (Wildman–Crippen MR) is 63.3 cm³/mol. The quantitative estimate of drug-likeness (QED) is 0.636. The summed E-state index contributed by atoms with van der Waals surface area (Å²) in [5.41, 5.74) is 0. The van der Waals surface area contributed by atoms with Crippen molar-refractivity contribution in [2.24, 2.45) is 11.8 Å². The van der Waals surface area contributed by atoms with E-state index < -0.39 is 0 Å². The lowest BCUT2D eigenvalue weighted by molar-refractivity contribution is 0.309. The van der Waals surface area contributed by atoms with Gasteiger partial charge in [-0.1, -0.05) is 46.5 Å². The second-order valence-electron chi connectivity index (χ2n) is 4.48. The SMILES string of the molecule is CCCC(CCC)C1CSC(C)C1. The summed E-state index contributed by atoms with van der Waals surface area (Å²) in [6.07, 6.45) is 7.16. The molecule has 0 amide bonds. The summed E-state index contributed by atoms with van der Waals surface area (Å²) in [5, 5.41) is 0.932. The van der Waals surface area contributed by atoms with Crippen molar-refractivity contribution in [3.05, 3.63) is 0 Å². The van der Waals surface area contributed by atoms with Crippen LogP contribution < -0.4 is 0 Å². The van der Waals surface area contributed by atoms with Crippen molar-refractivity contribution in [3.8, 4) is 0 Å². The molecule has 0 radical (unpaired) electrons. The van der Waals surface area contributed by atoms with Crippen LogP contribution in [-0.2, 0) is 0 Å². The molecular formula is C12H24S. The largest absolute Gasteiger partial charge is 0.159 e. The lowest BCUT2D eigenvalue weighted by Gasteiger charge is -2.21. The van der Waals surface area contributed by atoms with Gasteiger partial charge in [-0.05, 0) is 24.0 Å². The van der Waals surface area contributed by atoms with Gasteiger partial charge in [0.05, 0.1) is 0 Å². The lowest BCUT2D eigenvalue weighted by Crippen LogP contribution is -2.14. The minimum Gasteiger partial charge on any atom is -0.159 e. The van der Waals surface area contributed by atoms with Gasteiger partial charge in [-0.15, -0.1) is 0 Å². The lowest BCUT2D eigenvalue weighted by atomic mass is 9.84. The minimum atomic E-state index is 0.932. The Bertz CT molecular complexity index is 127. The highest BCUT2D eigenvalue weighted by Gasteiger charge is 2.27. The maximum absolute atomic E-state index is 2.39. The van der Waals surface area contributed by atoms with Crippen LogP contribution in [0.15, 0.2) is 0 Å². The normalized spacial score (nSPS) is 28.6. The van der Waals surface area contributed by atoms with Gasteiger partial charge in [0, 0.05) is 5.25 Å². The Morgan fingerprint density at radius 1 is 1.23 bits per heavy atom. The molecule has 2 unspecified atom stereocenters. The summed E-state index contributed by atoms with van der Waals surface area (Å²) in [7, 11) is 0. The van der Waals surface area contributed by atoms with Gasteiger partial charge in [0.2, 0.25) is 0 Å². The van der Waals surface area contributed by atoms with Crippen LogP contribution in [0, 0.1) is 11.8 Å². The third-order valence-corrected chi connectivity index (χ3v) is 4.60. The second-order valence-corrected chi connectivity index (χ2v) is 5.95. The molecule has 0 aliphatic carbocycles.